The van der Waals surface area contributed by atoms with Crippen molar-refractivity contribution < 1.29 is 0 Å². The number of halogens is 2. The second-order valence-electron chi connectivity index (χ2n) is 3.97. The van der Waals surface area contributed by atoms with Crippen LogP contribution in [0.15, 0.2) is 41.3 Å². The van der Waals surface area contributed by atoms with Crippen LogP contribution in [0.25, 0.3) is 0 Å². The van der Waals surface area contributed by atoms with Gasteiger partial charge in [0.1, 0.15) is 6.07 Å². The van der Waals surface area contributed by atoms with Gasteiger partial charge in [0.25, 0.3) is 0 Å². The molecule has 0 heterocycles. The first-order chi connectivity index (χ1) is 9.65. The van der Waals surface area contributed by atoms with Crippen LogP contribution < -0.4 is 5.32 Å². The number of nitrogens with one attached hydrogen (secondary N) is 1. The second kappa shape index (κ2) is 7.21. The maximum absolute atomic E-state index is 9.39. The summed E-state index contributed by atoms with van der Waals surface area (Å²) >= 11 is 9.86. The highest BCUT2D eigenvalue weighted by atomic mass is 127. The zero-order valence-corrected chi connectivity index (χ0v) is 14.5. The molecule has 0 spiro atoms. The first-order valence-electron chi connectivity index (χ1n) is 6.03. The third-order valence-corrected chi connectivity index (χ3v) is 4.71. The average molecular weight is 415 g/mol. The SMILES string of the molecule is CCSc1cccc(Nc2ccc(Cl)cc2I)c1C#N. The number of hydrogen-bond donors (Lipinski definition) is 1. The molecule has 0 saturated heterocycles. The van der Waals surface area contributed by atoms with E-state index in [9.17, 15) is 5.26 Å². The highest BCUT2D eigenvalue weighted by molar-refractivity contribution is 14.1. The molecule has 2 aromatic rings. The van der Waals surface area contributed by atoms with Gasteiger partial charge in [-0.3, -0.25) is 0 Å². The Morgan fingerprint density at radius 1 is 1.30 bits per heavy atom. The fraction of sp³-hybridized carbons (Fsp3) is 0.133. The highest BCUT2D eigenvalue weighted by Crippen LogP contribution is 2.31. The summed E-state index contributed by atoms with van der Waals surface area (Å²) in [5.41, 5.74) is 2.46. The minimum atomic E-state index is 0.685. The summed E-state index contributed by atoms with van der Waals surface area (Å²) in [4.78, 5) is 1.00. The molecule has 102 valence electrons. The van der Waals surface area contributed by atoms with E-state index in [4.69, 9.17) is 11.6 Å². The summed E-state index contributed by atoms with van der Waals surface area (Å²) in [7, 11) is 0. The monoisotopic (exact) mass is 414 g/mol. The van der Waals surface area contributed by atoms with Gasteiger partial charge >= 0.3 is 0 Å². The topological polar surface area (TPSA) is 35.8 Å². The van der Waals surface area contributed by atoms with Crippen molar-refractivity contribution in [2.24, 2.45) is 0 Å². The number of hydrogen-bond acceptors (Lipinski definition) is 3. The van der Waals surface area contributed by atoms with Crippen LogP contribution in [0, 0.1) is 14.9 Å². The molecular weight excluding hydrogens is 403 g/mol. The Hall–Kier alpha value is -0.900. The Labute approximate surface area is 141 Å². The van der Waals surface area contributed by atoms with Crippen molar-refractivity contribution in [3.05, 3.63) is 50.6 Å². The molecule has 0 unspecified atom stereocenters. The molecule has 0 saturated carbocycles. The molecule has 0 bridgehead atoms. The maximum Gasteiger partial charge on any atom is 0.103 e. The van der Waals surface area contributed by atoms with Crippen molar-refractivity contribution in [2.45, 2.75) is 11.8 Å². The number of rotatable bonds is 4. The molecular formula is C15H12ClIN2S. The largest absolute Gasteiger partial charge is 0.354 e. The zero-order valence-electron chi connectivity index (χ0n) is 10.8. The quantitative estimate of drug-likeness (QED) is 0.517. The molecule has 2 rings (SSSR count). The zero-order chi connectivity index (χ0) is 14.5. The van der Waals surface area contributed by atoms with Crippen LogP contribution in [0.1, 0.15) is 12.5 Å². The number of thioether (sulfide) groups is 1. The molecule has 1 N–H and O–H groups in total. The summed E-state index contributed by atoms with van der Waals surface area (Å²) < 4.78 is 1.02. The van der Waals surface area contributed by atoms with E-state index in [2.05, 4.69) is 40.9 Å². The summed E-state index contributed by atoms with van der Waals surface area (Å²) in [6.45, 7) is 2.08. The summed E-state index contributed by atoms with van der Waals surface area (Å²) in [5, 5.41) is 13.4. The lowest BCUT2D eigenvalue weighted by atomic mass is 10.2. The van der Waals surface area contributed by atoms with Gasteiger partial charge in [-0.2, -0.15) is 5.26 Å². The smallest absolute Gasteiger partial charge is 0.103 e. The lowest BCUT2D eigenvalue weighted by Gasteiger charge is -2.12. The number of nitrogens with zero attached hydrogens (tertiary/aromatic N) is 1. The third-order valence-electron chi connectivity index (χ3n) is 2.64. The van der Waals surface area contributed by atoms with E-state index in [-0.39, 0.29) is 0 Å². The van der Waals surface area contributed by atoms with Crippen molar-refractivity contribution in [2.75, 3.05) is 11.1 Å². The molecule has 5 heteroatoms. The highest BCUT2D eigenvalue weighted by Gasteiger charge is 2.09. The summed E-state index contributed by atoms with van der Waals surface area (Å²) in [6.07, 6.45) is 0. The van der Waals surface area contributed by atoms with Crippen molar-refractivity contribution >= 4 is 57.3 Å². The Morgan fingerprint density at radius 3 is 2.75 bits per heavy atom. The second-order valence-corrected chi connectivity index (χ2v) is 6.88. The van der Waals surface area contributed by atoms with E-state index < -0.39 is 0 Å². The van der Waals surface area contributed by atoms with E-state index >= 15 is 0 Å². The van der Waals surface area contributed by atoms with Crippen LogP contribution in [-0.4, -0.2) is 5.75 Å². The van der Waals surface area contributed by atoms with Crippen molar-refractivity contribution in [1.29, 1.82) is 5.26 Å². The number of nitriles is 1. The normalized spacial score (nSPS) is 10.1. The predicted molar refractivity (Wildman–Crippen MR) is 95.0 cm³/mol. The van der Waals surface area contributed by atoms with E-state index in [1.807, 2.05) is 36.4 Å². The Balaban J connectivity index is 2.38. The van der Waals surface area contributed by atoms with Gasteiger partial charge < -0.3 is 5.32 Å². The summed E-state index contributed by atoms with van der Waals surface area (Å²) in [5.74, 6) is 0.941. The van der Waals surface area contributed by atoms with Crippen LogP contribution in [0.5, 0.6) is 0 Å². The minimum Gasteiger partial charge on any atom is -0.354 e. The molecule has 0 aliphatic heterocycles. The van der Waals surface area contributed by atoms with Gasteiger partial charge in [0.05, 0.1) is 16.9 Å². The van der Waals surface area contributed by atoms with Crippen LogP contribution >= 0.6 is 46.0 Å². The molecule has 2 nitrogen and oxygen atoms in total. The maximum atomic E-state index is 9.39. The molecule has 20 heavy (non-hydrogen) atoms. The van der Waals surface area contributed by atoms with Crippen molar-refractivity contribution in [3.8, 4) is 6.07 Å². The van der Waals surface area contributed by atoms with Crippen molar-refractivity contribution in [3.63, 3.8) is 0 Å². The lowest BCUT2D eigenvalue weighted by Crippen LogP contribution is -1.97. The first kappa shape index (κ1) is 15.5. The van der Waals surface area contributed by atoms with Gasteiger partial charge in [0.2, 0.25) is 0 Å². The van der Waals surface area contributed by atoms with Gasteiger partial charge in [-0.1, -0.05) is 24.6 Å². The first-order valence-corrected chi connectivity index (χ1v) is 8.48. The van der Waals surface area contributed by atoms with Gasteiger partial charge in [-0.15, -0.1) is 11.8 Å². The van der Waals surface area contributed by atoms with Gasteiger partial charge in [-0.05, 0) is 58.7 Å². The van der Waals surface area contributed by atoms with Gasteiger partial charge in [-0.25, -0.2) is 0 Å². The van der Waals surface area contributed by atoms with E-state index in [0.29, 0.717) is 10.6 Å². The standard InChI is InChI=1S/C15H12ClIN2S/c1-2-20-15-5-3-4-13(11(15)9-18)19-14-7-6-10(16)8-12(14)17/h3-8,19H,2H2,1H3. The van der Waals surface area contributed by atoms with Crippen LogP contribution in [0.3, 0.4) is 0 Å². The lowest BCUT2D eigenvalue weighted by molar-refractivity contribution is 1.34. The molecule has 0 amide bonds. The summed E-state index contributed by atoms with van der Waals surface area (Å²) in [6, 6.07) is 13.8. The van der Waals surface area contributed by atoms with Gasteiger partial charge in [0, 0.05) is 13.5 Å². The van der Waals surface area contributed by atoms with Crippen LogP contribution in [0.4, 0.5) is 11.4 Å². The Kier molecular flexibility index (Phi) is 5.58. The average Bonchev–Trinajstić information content (AvgIpc) is 2.42. The molecule has 0 aliphatic carbocycles. The van der Waals surface area contributed by atoms with Gasteiger partial charge in [0.15, 0.2) is 0 Å². The Morgan fingerprint density at radius 2 is 2.10 bits per heavy atom. The molecule has 0 aliphatic rings. The molecule has 0 aromatic heterocycles. The van der Waals surface area contributed by atoms with E-state index in [1.165, 1.54) is 0 Å². The van der Waals surface area contributed by atoms with E-state index in [1.54, 1.807) is 11.8 Å². The van der Waals surface area contributed by atoms with Crippen LogP contribution in [-0.2, 0) is 0 Å². The van der Waals surface area contributed by atoms with E-state index in [0.717, 1.165) is 25.6 Å². The van der Waals surface area contributed by atoms with Crippen LogP contribution in [0.2, 0.25) is 5.02 Å². The number of benzene rings is 2. The van der Waals surface area contributed by atoms with Crippen molar-refractivity contribution in [1.82, 2.24) is 0 Å². The fourth-order valence-corrected chi connectivity index (χ4v) is 3.55. The Bertz CT molecular complexity index is 667. The molecule has 0 atom stereocenters. The fourth-order valence-electron chi connectivity index (χ4n) is 1.76. The molecule has 0 fully saturated rings. The molecule has 0 radical (unpaired) electrons. The number of anilines is 2. The predicted octanol–water partition coefficient (Wildman–Crippen LogP) is 5.67. The third kappa shape index (κ3) is 3.60. The molecule has 2 aromatic carbocycles. The minimum absolute atomic E-state index is 0.685.